The number of piperidine rings is 1. The van der Waals surface area contributed by atoms with E-state index in [4.69, 9.17) is 0 Å². The van der Waals surface area contributed by atoms with Crippen LogP contribution < -0.4 is 10.2 Å². The summed E-state index contributed by atoms with van der Waals surface area (Å²) in [6.07, 6.45) is 5.64. The highest BCUT2D eigenvalue weighted by molar-refractivity contribution is 5.87. The number of carbonyl (C=O) groups is 2. The highest BCUT2D eigenvalue weighted by Gasteiger charge is 2.50. The number of methoxy groups -OCH3 is 1. The molecule has 0 bridgehead atoms. The van der Waals surface area contributed by atoms with Crippen molar-refractivity contribution in [2.45, 2.75) is 64.0 Å². The van der Waals surface area contributed by atoms with Crippen LogP contribution in [0.4, 0.5) is 16.2 Å². The van der Waals surface area contributed by atoms with Crippen molar-refractivity contribution >= 4 is 23.4 Å². The molecule has 0 radical (unpaired) electrons. The lowest BCUT2D eigenvalue weighted by atomic mass is 9.78. The minimum Gasteiger partial charge on any atom is -0.453 e. The summed E-state index contributed by atoms with van der Waals surface area (Å²) in [7, 11) is 1.35. The van der Waals surface area contributed by atoms with E-state index < -0.39 is 6.09 Å². The van der Waals surface area contributed by atoms with Crippen LogP contribution in [0.25, 0.3) is 0 Å². The Hall–Kier alpha value is -2.28. The molecular weight excluding hydrogens is 382 g/mol. The molecule has 2 saturated heterocycles. The summed E-state index contributed by atoms with van der Waals surface area (Å²) in [5, 5.41) is 12.5. The molecule has 2 amide bonds. The van der Waals surface area contributed by atoms with Crippen LogP contribution in [0.3, 0.4) is 0 Å². The fraction of sp³-hybridized carbons (Fsp3) is 0.652. The number of aryl methyl sites for hydroxylation is 1. The number of nitrogens with one attached hydrogen (secondary N) is 1. The third-order valence-electron chi connectivity index (χ3n) is 7.20. The summed E-state index contributed by atoms with van der Waals surface area (Å²) in [5.74, 6) is 0.315. The molecule has 2 N–H and O–H groups in total. The first kappa shape index (κ1) is 21.0. The van der Waals surface area contributed by atoms with E-state index in [0.717, 1.165) is 75.8 Å². The third kappa shape index (κ3) is 4.00. The lowest BCUT2D eigenvalue weighted by molar-refractivity contribution is -0.139. The van der Waals surface area contributed by atoms with Crippen LogP contribution in [-0.4, -0.2) is 60.9 Å². The second kappa shape index (κ2) is 8.46. The maximum Gasteiger partial charge on any atom is 0.411 e. The largest absolute Gasteiger partial charge is 0.453 e. The van der Waals surface area contributed by atoms with Gasteiger partial charge in [-0.05, 0) is 75.6 Å². The second-order valence-corrected chi connectivity index (χ2v) is 9.13. The maximum absolute atomic E-state index is 13.5. The molecule has 1 aromatic carbocycles. The molecule has 30 heavy (non-hydrogen) atoms. The minimum absolute atomic E-state index is 0.197. The van der Waals surface area contributed by atoms with Crippen molar-refractivity contribution in [3.63, 3.8) is 0 Å². The zero-order valence-corrected chi connectivity index (χ0v) is 18.0. The van der Waals surface area contributed by atoms with Crippen molar-refractivity contribution in [3.8, 4) is 0 Å². The Kier molecular flexibility index (Phi) is 5.91. The molecule has 7 heteroatoms. The number of ether oxygens (including phenoxy) is 1. The average molecular weight is 416 g/mol. The van der Waals surface area contributed by atoms with Gasteiger partial charge in [-0.15, -0.1) is 0 Å². The van der Waals surface area contributed by atoms with Gasteiger partial charge in [0.15, 0.2) is 0 Å². The van der Waals surface area contributed by atoms with Crippen LogP contribution >= 0.6 is 0 Å². The van der Waals surface area contributed by atoms with Crippen LogP contribution in [0.1, 0.15) is 50.5 Å². The molecule has 0 aromatic heterocycles. The number of anilines is 2. The van der Waals surface area contributed by atoms with Gasteiger partial charge in [0.05, 0.1) is 18.6 Å². The summed E-state index contributed by atoms with van der Waals surface area (Å²) in [5.41, 5.74) is 2.61. The Bertz CT molecular complexity index is 806. The normalized spacial score (nSPS) is 29.4. The first-order chi connectivity index (χ1) is 14.4. The number of hydrogen-bond donors (Lipinski definition) is 2. The highest BCUT2D eigenvalue weighted by atomic mass is 16.5. The van der Waals surface area contributed by atoms with E-state index in [1.54, 1.807) is 0 Å². The second-order valence-electron chi connectivity index (χ2n) is 9.13. The number of amides is 2. The van der Waals surface area contributed by atoms with Crippen molar-refractivity contribution in [2.24, 2.45) is 5.41 Å². The van der Waals surface area contributed by atoms with Gasteiger partial charge in [0.2, 0.25) is 5.91 Å². The zero-order valence-electron chi connectivity index (χ0n) is 18.0. The molecule has 1 atom stereocenters. The molecule has 4 rings (SSSR count). The average Bonchev–Trinajstić information content (AvgIpc) is 3.04. The quantitative estimate of drug-likeness (QED) is 0.792. The van der Waals surface area contributed by atoms with Gasteiger partial charge in [0.25, 0.3) is 0 Å². The monoisotopic (exact) mass is 415 g/mol. The molecule has 1 aliphatic carbocycles. The van der Waals surface area contributed by atoms with Crippen LogP contribution in [-0.2, 0) is 9.53 Å². The predicted molar refractivity (Wildman–Crippen MR) is 116 cm³/mol. The smallest absolute Gasteiger partial charge is 0.411 e. The van der Waals surface area contributed by atoms with Gasteiger partial charge in [-0.2, -0.15) is 0 Å². The van der Waals surface area contributed by atoms with E-state index in [-0.39, 0.29) is 11.5 Å². The van der Waals surface area contributed by atoms with E-state index in [9.17, 15) is 14.7 Å². The lowest BCUT2D eigenvalue weighted by Gasteiger charge is -2.42. The van der Waals surface area contributed by atoms with Crippen LogP contribution in [0.2, 0.25) is 0 Å². The summed E-state index contributed by atoms with van der Waals surface area (Å²) in [4.78, 5) is 29.4. The third-order valence-corrected chi connectivity index (χ3v) is 7.20. The van der Waals surface area contributed by atoms with Crippen molar-refractivity contribution in [1.29, 1.82) is 0 Å². The number of aliphatic hydroxyl groups is 1. The summed E-state index contributed by atoms with van der Waals surface area (Å²) in [6.45, 7) is 4.57. The molecule has 2 aliphatic heterocycles. The van der Waals surface area contributed by atoms with Gasteiger partial charge in [0, 0.05) is 37.1 Å². The van der Waals surface area contributed by atoms with Gasteiger partial charge in [-0.3, -0.25) is 10.1 Å². The van der Waals surface area contributed by atoms with Crippen molar-refractivity contribution < 1.29 is 19.4 Å². The van der Waals surface area contributed by atoms with E-state index in [1.807, 2.05) is 25.1 Å². The Morgan fingerprint density at radius 3 is 2.67 bits per heavy atom. The number of rotatable bonds is 3. The van der Waals surface area contributed by atoms with Crippen LogP contribution in [0, 0.1) is 12.3 Å². The molecule has 7 nitrogen and oxygen atoms in total. The maximum atomic E-state index is 13.5. The van der Waals surface area contributed by atoms with E-state index in [2.05, 4.69) is 19.9 Å². The van der Waals surface area contributed by atoms with Gasteiger partial charge in [-0.25, -0.2) is 4.79 Å². The first-order valence-corrected chi connectivity index (χ1v) is 11.1. The molecular formula is C23H33N3O4. The van der Waals surface area contributed by atoms with Crippen molar-refractivity contribution in [1.82, 2.24) is 4.90 Å². The molecule has 1 unspecified atom stereocenters. The lowest BCUT2D eigenvalue weighted by Crippen LogP contribution is -2.50. The first-order valence-electron chi connectivity index (χ1n) is 11.1. The number of benzene rings is 1. The van der Waals surface area contributed by atoms with E-state index in [1.165, 1.54) is 7.11 Å². The number of carbonyl (C=O) groups excluding carboxylic acids is 2. The topological polar surface area (TPSA) is 82.1 Å². The molecule has 164 valence electrons. The molecule has 3 aliphatic rings. The Labute approximate surface area is 178 Å². The standard InChI is InChI=1S/C23H33N3O4/c1-16-14-17(24-22(29)30-2)4-9-20(16)25-12-3-10-23(15-25)11-13-26(21(23)28)18-5-7-19(27)8-6-18/h4,9,14,18-19,27H,3,5-8,10-13,15H2,1-2H3,(H,24,29). The van der Waals surface area contributed by atoms with E-state index in [0.29, 0.717) is 17.6 Å². The Balaban J connectivity index is 1.47. The van der Waals surface area contributed by atoms with Crippen molar-refractivity contribution in [2.75, 3.05) is 37.0 Å². The van der Waals surface area contributed by atoms with Gasteiger partial charge < -0.3 is 19.6 Å². The number of aliphatic hydroxyl groups excluding tert-OH is 1. The fourth-order valence-corrected chi connectivity index (χ4v) is 5.54. The molecule has 1 aromatic rings. The molecule has 2 heterocycles. The summed E-state index contributed by atoms with van der Waals surface area (Å²) >= 11 is 0. The summed E-state index contributed by atoms with van der Waals surface area (Å²) in [6, 6.07) is 6.15. The minimum atomic E-state index is -0.481. The van der Waals surface area contributed by atoms with E-state index >= 15 is 0 Å². The molecule has 1 spiro atoms. The Morgan fingerprint density at radius 1 is 1.20 bits per heavy atom. The number of likely N-dealkylation sites (tertiary alicyclic amines) is 1. The molecule has 1 saturated carbocycles. The molecule has 3 fully saturated rings. The SMILES string of the molecule is COC(=O)Nc1ccc(N2CCCC3(CCN(C4CCC(O)CC4)C3=O)C2)c(C)c1. The summed E-state index contributed by atoms with van der Waals surface area (Å²) < 4.78 is 4.67. The fourth-order valence-electron chi connectivity index (χ4n) is 5.54. The van der Waals surface area contributed by atoms with Crippen molar-refractivity contribution in [3.05, 3.63) is 23.8 Å². The Morgan fingerprint density at radius 2 is 1.97 bits per heavy atom. The van der Waals surface area contributed by atoms with Crippen LogP contribution in [0.5, 0.6) is 0 Å². The predicted octanol–water partition coefficient (Wildman–Crippen LogP) is 3.30. The van der Waals surface area contributed by atoms with Gasteiger partial charge in [-0.1, -0.05) is 0 Å². The zero-order chi connectivity index (χ0) is 21.3. The van der Waals surface area contributed by atoms with Crippen LogP contribution in [0.15, 0.2) is 18.2 Å². The number of nitrogens with zero attached hydrogens (tertiary/aromatic N) is 2. The van der Waals surface area contributed by atoms with Gasteiger partial charge in [0.1, 0.15) is 0 Å². The highest BCUT2D eigenvalue weighted by Crippen LogP contribution is 2.44. The number of hydrogen-bond acceptors (Lipinski definition) is 5. The van der Waals surface area contributed by atoms with Gasteiger partial charge >= 0.3 is 6.09 Å².